The average Bonchev–Trinajstić information content (AvgIpc) is 1.93. The van der Waals surface area contributed by atoms with E-state index in [4.69, 9.17) is 0 Å². The van der Waals surface area contributed by atoms with Gasteiger partial charge in [-0.1, -0.05) is 6.92 Å². The van der Waals surface area contributed by atoms with E-state index < -0.39 is 0 Å². The first kappa shape index (κ1) is 7.58. The second-order valence-corrected chi connectivity index (χ2v) is 3.28. The zero-order valence-electron chi connectivity index (χ0n) is 6.96. The van der Waals surface area contributed by atoms with E-state index in [-0.39, 0.29) is 0 Å². The lowest BCUT2D eigenvalue weighted by atomic mass is 9.94. The predicted molar refractivity (Wildman–Crippen MR) is 41.7 cm³/mol. The van der Waals surface area contributed by atoms with Crippen LogP contribution >= 0.6 is 0 Å². The van der Waals surface area contributed by atoms with Gasteiger partial charge in [0.2, 0.25) is 0 Å². The van der Waals surface area contributed by atoms with Crippen molar-refractivity contribution >= 4 is 5.90 Å². The molecule has 0 aromatic rings. The summed E-state index contributed by atoms with van der Waals surface area (Å²) in [5.74, 6) is 1.26. The minimum atomic E-state index is 0.494. The smallest absolute Gasteiger partial charge is 0.333 e. The predicted octanol–water partition coefficient (Wildman–Crippen LogP) is 1.40. The van der Waals surface area contributed by atoms with Gasteiger partial charge in [0.05, 0.1) is 6.42 Å². The Balaban J connectivity index is 2.77. The molecule has 1 rings (SSSR count). The molecule has 0 amide bonds. The number of hydrogen-bond donors (Lipinski definition) is 1. The Kier molecular flexibility index (Phi) is 1.97. The van der Waals surface area contributed by atoms with Gasteiger partial charge in [-0.2, -0.15) is 0 Å². The summed E-state index contributed by atoms with van der Waals surface area (Å²) in [4.78, 5) is 0. The molecule has 0 fully saturated rings. The molecule has 1 aliphatic heterocycles. The molecule has 0 bridgehead atoms. The minimum Gasteiger partial charge on any atom is -0.464 e. The van der Waals surface area contributed by atoms with Crippen molar-refractivity contribution in [1.29, 1.82) is 0 Å². The molecule has 0 radical (unpaired) electrons. The zero-order chi connectivity index (χ0) is 7.72. The van der Waals surface area contributed by atoms with Gasteiger partial charge in [-0.05, 0) is 13.3 Å². The highest BCUT2D eigenvalue weighted by Crippen LogP contribution is 2.17. The summed E-state index contributed by atoms with van der Waals surface area (Å²) < 4.78 is 1.97. The molecule has 1 heterocycles. The van der Waals surface area contributed by atoms with E-state index in [9.17, 15) is 5.11 Å². The quantitative estimate of drug-likeness (QED) is 0.508. The van der Waals surface area contributed by atoms with Gasteiger partial charge in [0.25, 0.3) is 0 Å². The standard InChI is InChI=1S/C8H15NO/c1-6-4-5-8(10)9(3)7(6)2/h6-7H,4-5H2,1-3H3/p+1/t6-,7?/m0/s1. The van der Waals surface area contributed by atoms with Crippen LogP contribution in [-0.2, 0) is 0 Å². The van der Waals surface area contributed by atoms with Crippen molar-refractivity contribution in [3.8, 4) is 0 Å². The number of hydrogen-bond acceptors (Lipinski definition) is 0. The highest BCUT2D eigenvalue weighted by atomic mass is 16.3. The third-order valence-corrected chi connectivity index (χ3v) is 2.66. The highest BCUT2D eigenvalue weighted by molar-refractivity contribution is 5.68. The Bertz CT molecular complexity index is 163. The lowest BCUT2D eigenvalue weighted by Gasteiger charge is -2.20. The van der Waals surface area contributed by atoms with Crippen molar-refractivity contribution in [1.82, 2.24) is 0 Å². The molecular formula is C8H16NO+. The van der Waals surface area contributed by atoms with Crippen LogP contribution in [0.1, 0.15) is 26.7 Å². The molecule has 0 saturated heterocycles. The van der Waals surface area contributed by atoms with Crippen LogP contribution in [0.3, 0.4) is 0 Å². The van der Waals surface area contributed by atoms with Crippen molar-refractivity contribution in [2.75, 3.05) is 7.05 Å². The average molecular weight is 142 g/mol. The Hall–Kier alpha value is -0.530. The van der Waals surface area contributed by atoms with E-state index in [0.29, 0.717) is 17.9 Å². The van der Waals surface area contributed by atoms with Crippen LogP contribution in [0.5, 0.6) is 0 Å². The van der Waals surface area contributed by atoms with Crippen LogP contribution in [0, 0.1) is 5.92 Å². The first-order chi connectivity index (χ1) is 4.63. The molecule has 58 valence electrons. The molecule has 1 unspecified atom stereocenters. The first-order valence-corrected chi connectivity index (χ1v) is 3.90. The van der Waals surface area contributed by atoms with E-state index >= 15 is 0 Å². The van der Waals surface area contributed by atoms with Crippen molar-refractivity contribution in [3.63, 3.8) is 0 Å². The van der Waals surface area contributed by atoms with E-state index in [1.807, 2.05) is 11.6 Å². The summed E-state index contributed by atoms with van der Waals surface area (Å²) in [6.45, 7) is 4.38. The lowest BCUT2D eigenvalue weighted by Crippen LogP contribution is -2.36. The van der Waals surface area contributed by atoms with E-state index in [1.165, 1.54) is 0 Å². The molecular weight excluding hydrogens is 126 g/mol. The van der Waals surface area contributed by atoms with Crippen LogP contribution in [0.25, 0.3) is 0 Å². The highest BCUT2D eigenvalue weighted by Gasteiger charge is 2.28. The topological polar surface area (TPSA) is 23.2 Å². The molecule has 0 saturated carbocycles. The van der Waals surface area contributed by atoms with Crippen molar-refractivity contribution in [3.05, 3.63) is 0 Å². The van der Waals surface area contributed by atoms with Crippen molar-refractivity contribution < 1.29 is 9.68 Å². The van der Waals surface area contributed by atoms with Gasteiger partial charge in [-0.15, -0.1) is 0 Å². The van der Waals surface area contributed by atoms with Gasteiger partial charge in [-0.3, -0.25) is 0 Å². The Morgan fingerprint density at radius 2 is 2.10 bits per heavy atom. The van der Waals surface area contributed by atoms with Gasteiger partial charge < -0.3 is 5.11 Å². The third-order valence-electron chi connectivity index (χ3n) is 2.66. The Morgan fingerprint density at radius 1 is 1.50 bits per heavy atom. The molecule has 0 aromatic carbocycles. The number of aliphatic hydroxyl groups is 1. The molecule has 1 aliphatic rings. The van der Waals surface area contributed by atoms with Gasteiger partial charge >= 0.3 is 5.90 Å². The van der Waals surface area contributed by atoms with E-state index in [0.717, 1.165) is 12.8 Å². The minimum absolute atomic E-state index is 0.494. The Morgan fingerprint density at radius 3 is 2.60 bits per heavy atom. The number of rotatable bonds is 0. The van der Waals surface area contributed by atoms with Crippen LogP contribution in [0.2, 0.25) is 0 Å². The largest absolute Gasteiger partial charge is 0.464 e. The fourth-order valence-corrected chi connectivity index (χ4v) is 1.39. The van der Waals surface area contributed by atoms with Crippen LogP contribution in [-0.4, -0.2) is 28.7 Å². The molecule has 0 aliphatic carbocycles. The monoisotopic (exact) mass is 142 g/mol. The summed E-state index contributed by atoms with van der Waals surface area (Å²) in [5.41, 5.74) is 0. The summed E-state index contributed by atoms with van der Waals surface area (Å²) in [6.07, 6.45) is 1.97. The fraction of sp³-hybridized carbons (Fsp3) is 0.875. The maximum absolute atomic E-state index is 9.31. The maximum atomic E-state index is 9.31. The number of aliphatic hydroxyl groups excluding tert-OH is 1. The van der Waals surface area contributed by atoms with Crippen LogP contribution < -0.4 is 0 Å². The van der Waals surface area contributed by atoms with Crippen molar-refractivity contribution in [2.24, 2.45) is 5.92 Å². The molecule has 0 aromatic heterocycles. The fourth-order valence-electron chi connectivity index (χ4n) is 1.39. The van der Waals surface area contributed by atoms with Gasteiger partial charge in [0.15, 0.2) is 6.04 Å². The third kappa shape index (κ3) is 1.15. The Labute approximate surface area is 62.2 Å². The molecule has 10 heavy (non-hydrogen) atoms. The SMILES string of the molecule is CC1[C@@H](C)CCC(O)=[N+]1C. The van der Waals surface area contributed by atoms with Crippen LogP contribution in [0.4, 0.5) is 0 Å². The van der Waals surface area contributed by atoms with Crippen molar-refractivity contribution in [2.45, 2.75) is 32.7 Å². The van der Waals surface area contributed by atoms with E-state index in [1.54, 1.807) is 0 Å². The molecule has 1 N–H and O–H groups in total. The zero-order valence-corrected chi connectivity index (χ0v) is 6.96. The van der Waals surface area contributed by atoms with E-state index in [2.05, 4.69) is 13.8 Å². The molecule has 0 spiro atoms. The summed E-state index contributed by atoms with van der Waals surface area (Å²) in [7, 11) is 1.95. The second-order valence-electron chi connectivity index (χ2n) is 3.28. The van der Waals surface area contributed by atoms with Gasteiger partial charge in [0.1, 0.15) is 7.05 Å². The van der Waals surface area contributed by atoms with Gasteiger partial charge in [-0.25, -0.2) is 4.58 Å². The molecule has 2 heteroatoms. The van der Waals surface area contributed by atoms with Crippen LogP contribution in [0.15, 0.2) is 0 Å². The number of nitrogens with zero attached hydrogens (tertiary/aromatic N) is 1. The lowest BCUT2D eigenvalue weighted by molar-refractivity contribution is -0.556. The van der Waals surface area contributed by atoms with Gasteiger partial charge in [0, 0.05) is 5.92 Å². The summed E-state index contributed by atoms with van der Waals surface area (Å²) >= 11 is 0. The molecule has 2 nitrogen and oxygen atoms in total. The maximum Gasteiger partial charge on any atom is 0.333 e. The second kappa shape index (κ2) is 2.60. The first-order valence-electron chi connectivity index (χ1n) is 3.90. The summed E-state index contributed by atoms with van der Waals surface area (Å²) in [6, 6.07) is 0.494. The molecule has 2 atom stereocenters. The normalized spacial score (nSPS) is 34.7. The summed E-state index contributed by atoms with van der Waals surface area (Å²) in [5, 5.41) is 9.31.